The van der Waals surface area contributed by atoms with Crippen LogP contribution in [0.3, 0.4) is 0 Å². The molecule has 0 unspecified atom stereocenters. The van der Waals surface area contributed by atoms with E-state index in [1.807, 2.05) is 0 Å². The number of amides is 1. The molecule has 0 saturated heterocycles. The van der Waals surface area contributed by atoms with Crippen LogP contribution in [-0.4, -0.2) is 34.8 Å². The highest BCUT2D eigenvalue weighted by atomic mass is 16.5. The largest absolute Gasteiger partial charge is 0.466 e. The molecule has 1 aromatic heterocycles. The minimum atomic E-state index is -0.442. The highest BCUT2D eigenvalue weighted by Crippen LogP contribution is 2.05. The van der Waals surface area contributed by atoms with Gasteiger partial charge in [-0.2, -0.15) is 5.10 Å². The van der Waals surface area contributed by atoms with Crippen molar-refractivity contribution >= 4 is 11.9 Å². The predicted octanol–water partition coefficient (Wildman–Crippen LogP) is 0.470. The van der Waals surface area contributed by atoms with Gasteiger partial charge in [-0.15, -0.1) is 0 Å². The lowest BCUT2D eigenvalue weighted by molar-refractivity contribution is -0.143. The molecule has 0 aromatic carbocycles. The molecule has 1 amide bonds. The van der Waals surface area contributed by atoms with E-state index >= 15 is 0 Å². The van der Waals surface area contributed by atoms with Crippen molar-refractivity contribution in [2.75, 3.05) is 13.2 Å². The van der Waals surface area contributed by atoms with Gasteiger partial charge in [0, 0.05) is 20.0 Å². The summed E-state index contributed by atoms with van der Waals surface area (Å²) in [5.41, 5.74) is 0.872. The third-order valence-corrected chi connectivity index (χ3v) is 3.10. The summed E-state index contributed by atoms with van der Waals surface area (Å²) < 4.78 is 5.94. The Morgan fingerprint density at radius 1 is 1.33 bits per heavy atom. The average molecular weight is 295 g/mol. The highest BCUT2D eigenvalue weighted by molar-refractivity contribution is 5.95. The Balaban J connectivity index is 2.65. The van der Waals surface area contributed by atoms with Gasteiger partial charge in [-0.05, 0) is 32.8 Å². The molecule has 1 heterocycles. The van der Waals surface area contributed by atoms with Crippen molar-refractivity contribution in [3.63, 3.8) is 0 Å². The second-order valence-electron chi connectivity index (χ2n) is 4.68. The number of rotatable bonds is 6. The molecule has 0 aliphatic heterocycles. The number of nitrogens with zero attached hydrogens (tertiary/aromatic N) is 2. The summed E-state index contributed by atoms with van der Waals surface area (Å²) in [6.07, 6.45) is 0.703. The number of hydrogen-bond acceptors (Lipinski definition) is 5. The molecule has 0 aliphatic carbocycles. The molecule has 1 aromatic rings. The first-order valence-corrected chi connectivity index (χ1v) is 6.86. The van der Waals surface area contributed by atoms with Crippen molar-refractivity contribution < 1.29 is 14.3 Å². The second-order valence-corrected chi connectivity index (χ2v) is 4.68. The Hall–Kier alpha value is -2.18. The Kier molecular flexibility index (Phi) is 6.08. The highest BCUT2D eigenvalue weighted by Gasteiger charge is 2.17. The maximum Gasteiger partial charge on any atom is 0.305 e. The first kappa shape index (κ1) is 16.9. The molecule has 1 N–H and O–H groups in total. The summed E-state index contributed by atoms with van der Waals surface area (Å²) in [5.74, 6) is -0.735. The van der Waals surface area contributed by atoms with E-state index in [0.717, 1.165) is 4.68 Å². The molecule has 0 radical (unpaired) electrons. The van der Waals surface area contributed by atoms with Crippen LogP contribution in [0.4, 0.5) is 0 Å². The zero-order valence-electron chi connectivity index (χ0n) is 12.9. The number of aromatic nitrogens is 2. The first-order chi connectivity index (χ1) is 9.88. The van der Waals surface area contributed by atoms with Crippen LogP contribution in [0, 0.1) is 13.8 Å². The van der Waals surface area contributed by atoms with Crippen LogP contribution in [0.25, 0.3) is 0 Å². The molecule has 7 nitrogen and oxygen atoms in total. The first-order valence-electron chi connectivity index (χ1n) is 6.86. The molecule has 0 spiro atoms. The van der Waals surface area contributed by atoms with Crippen LogP contribution < -0.4 is 10.9 Å². The van der Waals surface area contributed by atoms with E-state index in [9.17, 15) is 14.4 Å². The van der Waals surface area contributed by atoms with E-state index < -0.39 is 11.5 Å². The number of carbonyl (C=O) groups is 2. The van der Waals surface area contributed by atoms with Crippen LogP contribution in [0.2, 0.25) is 0 Å². The number of nitrogens with one attached hydrogen (secondary N) is 1. The fourth-order valence-electron chi connectivity index (χ4n) is 1.87. The lowest BCUT2D eigenvalue weighted by atomic mass is 10.1. The van der Waals surface area contributed by atoms with Crippen LogP contribution in [0.5, 0.6) is 0 Å². The molecular formula is C14H21N3O4. The maximum atomic E-state index is 12.1. The Morgan fingerprint density at radius 2 is 2.00 bits per heavy atom. The van der Waals surface area contributed by atoms with Crippen molar-refractivity contribution in [3.05, 3.63) is 27.2 Å². The van der Waals surface area contributed by atoms with Crippen LogP contribution in [-0.2, 0) is 16.6 Å². The standard InChI is InChI=1S/C14H21N3O4/c1-5-21-11(18)7-6-8-15-13(19)12-9(2)10(3)16-17(4)14(12)20/h5-8H2,1-4H3,(H,15,19). The quantitative estimate of drug-likeness (QED) is 0.608. The number of ether oxygens (including phenoxy) is 1. The number of aryl methyl sites for hydroxylation is 2. The van der Waals surface area contributed by atoms with E-state index in [1.54, 1.807) is 20.8 Å². The Bertz CT molecular complexity index is 593. The third-order valence-electron chi connectivity index (χ3n) is 3.10. The van der Waals surface area contributed by atoms with Crippen molar-refractivity contribution in [2.45, 2.75) is 33.6 Å². The van der Waals surface area contributed by atoms with Gasteiger partial charge in [-0.3, -0.25) is 14.4 Å². The summed E-state index contributed by atoms with van der Waals surface area (Å²) in [6, 6.07) is 0. The molecule has 21 heavy (non-hydrogen) atoms. The van der Waals surface area contributed by atoms with E-state index in [2.05, 4.69) is 10.4 Å². The minimum absolute atomic E-state index is 0.0983. The van der Waals surface area contributed by atoms with Crippen molar-refractivity contribution in [1.29, 1.82) is 0 Å². The Labute approximate surface area is 123 Å². The monoisotopic (exact) mass is 295 g/mol. The van der Waals surface area contributed by atoms with Crippen LogP contribution in [0.15, 0.2) is 4.79 Å². The van der Waals surface area contributed by atoms with Gasteiger partial charge in [-0.25, -0.2) is 4.68 Å². The Morgan fingerprint density at radius 3 is 2.62 bits per heavy atom. The van der Waals surface area contributed by atoms with Crippen molar-refractivity contribution in [2.24, 2.45) is 7.05 Å². The van der Waals surface area contributed by atoms with E-state index in [4.69, 9.17) is 4.74 Å². The summed E-state index contributed by atoms with van der Waals surface area (Å²) in [6.45, 7) is 5.83. The van der Waals surface area contributed by atoms with E-state index in [1.165, 1.54) is 7.05 Å². The number of esters is 1. The van der Waals surface area contributed by atoms with E-state index in [-0.39, 0.29) is 18.0 Å². The minimum Gasteiger partial charge on any atom is -0.466 e. The van der Waals surface area contributed by atoms with Gasteiger partial charge in [0.15, 0.2) is 0 Å². The molecule has 7 heteroatoms. The van der Waals surface area contributed by atoms with Crippen molar-refractivity contribution in [3.8, 4) is 0 Å². The smallest absolute Gasteiger partial charge is 0.305 e. The third kappa shape index (κ3) is 4.40. The second kappa shape index (κ2) is 7.56. The lowest BCUT2D eigenvalue weighted by Crippen LogP contribution is -2.35. The molecule has 0 bridgehead atoms. The van der Waals surface area contributed by atoms with Crippen LogP contribution in [0.1, 0.15) is 41.4 Å². The van der Waals surface area contributed by atoms with Gasteiger partial charge < -0.3 is 10.1 Å². The zero-order chi connectivity index (χ0) is 16.0. The lowest BCUT2D eigenvalue weighted by Gasteiger charge is -2.10. The molecule has 0 saturated carbocycles. The predicted molar refractivity (Wildman–Crippen MR) is 77.2 cm³/mol. The topological polar surface area (TPSA) is 90.3 Å². The molecule has 0 fully saturated rings. The van der Waals surface area contributed by atoms with Crippen LogP contribution >= 0.6 is 0 Å². The molecule has 116 valence electrons. The van der Waals surface area contributed by atoms with Gasteiger partial charge in [0.25, 0.3) is 11.5 Å². The normalized spacial score (nSPS) is 10.3. The summed E-state index contributed by atoms with van der Waals surface area (Å²) in [4.78, 5) is 35.2. The molecule has 0 aliphatic rings. The molecule has 0 atom stereocenters. The fourth-order valence-corrected chi connectivity index (χ4v) is 1.87. The fraction of sp³-hybridized carbons (Fsp3) is 0.571. The number of hydrogen-bond donors (Lipinski definition) is 1. The summed E-state index contributed by atoms with van der Waals surface area (Å²) in [5, 5.41) is 6.66. The maximum absolute atomic E-state index is 12.1. The van der Waals surface area contributed by atoms with Gasteiger partial charge >= 0.3 is 5.97 Å². The van der Waals surface area contributed by atoms with Gasteiger partial charge in [0.2, 0.25) is 0 Å². The molecular weight excluding hydrogens is 274 g/mol. The van der Waals surface area contributed by atoms with Gasteiger partial charge in [0.1, 0.15) is 5.56 Å². The van der Waals surface area contributed by atoms with Gasteiger partial charge in [-0.1, -0.05) is 0 Å². The number of carbonyl (C=O) groups excluding carboxylic acids is 2. The van der Waals surface area contributed by atoms with Crippen molar-refractivity contribution in [1.82, 2.24) is 15.1 Å². The summed E-state index contributed by atoms with van der Waals surface area (Å²) >= 11 is 0. The van der Waals surface area contributed by atoms with E-state index in [0.29, 0.717) is 30.8 Å². The zero-order valence-corrected chi connectivity index (χ0v) is 12.9. The SMILES string of the molecule is CCOC(=O)CCCNC(=O)c1c(C)c(C)nn(C)c1=O. The summed E-state index contributed by atoms with van der Waals surface area (Å²) in [7, 11) is 1.51. The van der Waals surface area contributed by atoms with Gasteiger partial charge in [0.05, 0.1) is 12.3 Å². The average Bonchev–Trinajstić information content (AvgIpc) is 2.42. The molecule has 1 rings (SSSR count).